The lowest BCUT2D eigenvalue weighted by molar-refractivity contribution is -0.119. The Kier molecular flexibility index (Phi) is 6.48. The number of carbonyl (C=O) groups is 2. The highest BCUT2D eigenvalue weighted by atomic mass is 35.5. The number of nitrogens with two attached hydrogens (primary N) is 1. The number of piperidine rings is 1. The zero-order valence-corrected chi connectivity index (χ0v) is 17.5. The van der Waals surface area contributed by atoms with Gasteiger partial charge in [0, 0.05) is 23.3 Å². The lowest BCUT2D eigenvalue weighted by atomic mass is 9.80. The second-order valence-corrected chi connectivity index (χ2v) is 8.27. The van der Waals surface area contributed by atoms with Crippen molar-refractivity contribution in [2.75, 3.05) is 11.4 Å². The van der Waals surface area contributed by atoms with Gasteiger partial charge >= 0.3 is 5.97 Å². The smallest absolute Gasteiger partial charge is 0.335 e. The fourth-order valence-electron chi connectivity index (χ4n) is 4.32. The van der Waals surface area contributed by atoms with Crippen molar-refractivity contribution in [3.63, 3.8) is 0 Å². The minimum absolute atomic E-state index is 0.176. The summed E-state index contributed by atoms with van der Waals surface area (Å²) >= 11 is 6.32. The van der Waals surface area contributed by atoms with Gasteiger partial charge in [-0.3, -0.25) is 4.79 Å². The highest BCUT2D eigenvalue weighted by Crippen LogP contribution is 2.40. The van der Waals surface area contributed by atoms with E-state index in [9.17, 15) is 9.59 Å². The zero-order chi connectivity index (χ0) is 21.1. The zero-order valence-electron chi connectivity index (χ0n) is 16.8. The Hall–Kier alpha value is -2.53. The Morgan fingerprint density at radius 3 is 2.45 bits per heavy atom. The molecule has 0 bridgehead atoms. The first-order chi connectivity index (χ1) is 13.8. The number of rotatable bonds is 6. The molecule has 1 fully saturated rings. The highest BCUT2D eigenvalue weighted by molar-refractivity contribution is 6.30. The Morgan fingerprint density at radius 2 is 1.86 bits per heavy atom. The van der Waals surface area contributed by atoms with Crippen LogP contribution < -0.4 is 10.6 Å². The molecular weight excluding hydrogens is 388 g/mol. The summed E-state index contributed by atoms with van der Waals surface area (Å²) in [5.41, 5.74) is 8.74. The number of aromatic carboxylic acids is 1. The van der Waals surface area contributed by atoms with Crippen LogP contribution in [-0.2, 0) is 4.79 Å². The van der Waals surface area contributed by atoms with Gasteiger partial charge < -0.3 is 15.7 Å². The molecule has 0 spiro atoms. The van der Waals surface area contributed by atoms with Gasteiger partial charge in [-0.25, -0.2) is 4.79 Å². The summed E-state index contributed by atoms with van der Waals surface area (Å²) in [6, 6.07) is 12.6. The maximum Gasteiger partial charge on any atom is 0.335 e. The van der Waals surface area contributed by atoms with Crippen LogP contribution in [0.4, 0.5) is 5.69 Å². The second-order valence-electron chi connectivity index (χ2n) is 7.84. The predicted octanol–water partition coefficient (Wildman–Crippen LogP) is 4.79. The van der Waals surface area contributed by atoms with Crippen LogP contribution in [0.15, 0.2) is 42.5 Å². The fourth-order valence-corrected chi connectivity index (χ4v) is 4.50. The van der Waals surface area contributed by atoms with Gasteiger partial charge in [0.1, 0.15) is 0 Å². The van der Waals surface area contributed by atoms with Gasteiger partial charge in [-0.2, -0.15) is 0 Å². The summed E-state index contributed by atoms with van der Waals surface area (Å²) in [5.74, 6) is -2.25. The standard InChI is InChI=1S/C23H27ClN2O3/c1-14-5-3-4-12-26(14)20-11-10-18(24)13-19(20)15(2)21(22(25)27)16-6-8-17(9-7-16)23(28)29/h6-11,13-15,21H,3-5,12H2,1-2H3,(H2,25,27)(H,28,29). The van der Waals surface area contributed by atoms with E-state index in [-0.39, 0.29) is 11.5 Å². The van der Waals surface area contributed by atoms with E-state index in [1.165, 1.54) is 18.6 Å². The van der Waals surface area contributed by atoms with Crippen LogP contribution in [0, 0.1) is 0 Å². The number of hydrogen-bond donors (Lipinski definition) is 2. The van der Waals surface area contributed by atoms with Gasteiger partial charge in [0.25, 0.3) is 0 Å². The Morgan fingerprint density at radius 1 is 1.17 bits per heavy atom. The SMILES string of the molecule is CC(c1cc(Cl)ccc1N1CCCCC1C)C(C(N)=O)c1ccc(C(=O)O)cc1. The molecule has 3 unspecified atom stereocenters. The fraction of sp³-hybridized carbons (Fsp3) is 0.391. The molecule has 2 aromatic carbocycles. The van der Waals surface area contributed by atoms with Crippen molar-refractivity contribution >= 4 is 29.2 Å². The number of carbonyl (C=O) groups excluding carboxylic acids is 1. The number of halogens is 1. The van der Waals surface area contributed by atoms with E-state index in [0.29, 0.717) is 16.6 Å². The van der Waals surface area contributed by atoms with Gasteiger partial charge in [-0.1, -0.05) is 30.7 Å². The molecule has 1 aliphatic rings. The molecule has 2 aromatic rings. The Balaban J connectivity index is 2.02. The van der Waals surface area contributed by atoms with Gasteiger partial charge in [-0.05, 0) is 73.6 Å². The summed E-state index contributed by atoms with van der Waals surface area (Å²) in [7, 11) is 0. The number of nitrogens with zero attached hydrogens (tertiary/aromatic N) is 1. The molecule has 3 rings (SSSR count). The van der Waals surface area contributed by atoms with Gasteiger partial charge in [-0.15, -0.1) is 0 Å². The lowest BCUT2D eigenvalue weighted by Gasteiger charge is -2.38. The summed E-state index contributed by atoms with van der Waals surface area (Å²) in [6.07, 6.45) is 3.49. The summed E-state index contributed by atoms with van der Waals surface area (Å²) < 4.78 is 0. The molecule has 1 heterocycles. The van der Waals surface area contributed by atoms with Gasteiger partial charge in [0.2, 0.25) is 5.91 Å². The van der Waals surface area contributed by atoms with Crippen molar-refractivity contribution in [3.05, 3.63) is 64.2 Å². The minimum Gasteiger partial charge on any atom is -0.478 e. The molecule has 6 heteroatoms. The number of carboxylic acid groups (broad SMARTS) is 1. The largest absolute Gasteiger partial charge is 0.478 e. The van der Waals surface area contributed by atoms with Gasteiger partial charge in [0.05, 0.1) is 11.5 Å². The van der Waals surface area contributed by atoms with Crippen LogP contribution >= 0.6 is 11.6 Å². The van der Waals surface area contributed by atoms with Crippen LogP contribution in [0.5, 0.6) is 0 Å². The predicted molar refractivity (Wildman–Crippen MR) is 116 cm³/mol. The second kappa shape index (κ2) is 8.87. The molecule has 29 heavy (non-hydrogen) atoms. The lowest BCUT2D eigenvalue weighted by Crippen LogP contribution is -2.38. The average Bonchev–Trinajstić information content (AvgIpc) is 2.69. The normalized spacial score (nSPS) is 18.9. The molecule has 3 atom stereocenters. The van der Waals surface area contributed by atoms with Gasteiger partial charge in [0.15, 0.2) is 0 Å². The van der Waals surface area contributed by atoms with Crippen LogP contribution in [-0.4, -0.2) is 29.6 Å². The molecule has 0 aromatic heterocycles. The number of primary amides is 1. The maximum absolute atomic E-state index is 12.4. The molecule has 0 radical (unpaired) electrons. The summed E-state index contributed by atoms with van der Waals surface area (Å²) in [4.78, 5) is 26.0. The van der Waals surface area contributed by atoms with E-state index >= 15 is 0 Å². The van der Waals surface area contributed by atoms with E-state index in [2.05, 4.69) is 11.8 Å². The van der Waals surface area contributed by atoms with Crippen LogP contribution in [0.1, 0.15) is 66.4 Å². The molecule has 5 nitrogen and oxygen atoms in total. The molecule has 1 saturated heterocycles. The van der Waals surface area contributed by atoms with Crippen LogP contribution in [0.3, 0.4) is 0 Å². The number of amides is 1. The first-order valence-electron chi connectivity index (χ1n) is 9.98. The Labute approximate surface area is 176 Å². The third-order valence-corrected chi connectivity index (χ3v) is 6.15. The van der Waals surface area contributed by atoms with E-state index in [4.69, 9.17) is 22.4 Å². The molecular formula is C23H27ClN2O3. The highest BCUT2D eigenvalue weighted by Gasteiger charge is 2.30. The van der Waals surface area contributed by atoms with E-state index in [1.54, 1.807) is 12.1 Å². The van der Waals surface area contributed by atoms with Crippen LogP contribution in [0.25, 0.3) is 0 Å². The van der Waals surface area contributed by atoms with Crippen molar-refractivity contribution in [1.29, 1.82) is 0 Å². The monoisotopic (exact) mass is 414 g/mol. The van der Waals surface area contributed by atoms with Crippen molar-refractivity contribution in [3.8, 4) is 0 Å². The molecule has 0 saturated carbocycles. The van der Waals surface area contributed by atoms with Crippen LogP contribution in [0.2, 0.25) is 5.02 Å². The Bertz CT molecular complexity index is 897. The number of anilines is 1. The third-order valence-electron chi connectivity index (χ3n) is 5.92. The number of carboxylic acids is 1. The molecule has 1 aliphatic heterocycles. The molecule has 154 valence electrons. The minimum atomic E-state index is -1.00. The molecule has 3 N–H and O–H groups in total. The average molecular weight is 415 g/mol. The first-order valence-corrected chi connectivity index (χ1v) is 10.4. The quantitative estimate of drug-likeness (QED) is 0.711. The maximum atomic E-state index is 12.4. The van der Waals surface area contributed by atoms with E-state index < -0.39 is 17.8 Å². The van der Waals surface area contributed by atoms with Crippen molar-refractivity contribution in [1.82, 2.24) is 0 Å². The topological polar surface area (TPSA) is 83.6 Å². The first kappa shape index (κ1) is 21.2. The number of hydrogen-bond acceptors (Lipinski definition) is 3. The number of benzene rings is 2. The van der Waals surface area contributed by atoms with E-state index in [1.807, 2.05) is 25.1 Å². The summed E-state index contributed by atoms with van der Waals surface area (Å²) in [6.45, 7) is 5.17. The summed E-state index contributed by atoms with van der Waals surface area (Å²) in [5, 5.41) is 9.75. The third kappa shape index (κ3) is 4.56. The van der Waals surface area contributed by atoms with E-state index in [0.717, 1.165) is 30.6 Å². The van der Waals surface area contributed by atoms with Crippen molar-refractivity contribution in [2.24, 2.45) is 5.73 Å². The van der Waals surface area contributed by atoms with Crippen molar-refractivity contribution in [2.45, 2.75) is 51.0 Å². The molecule has 1 amide bonds. The molecule has 0 aliphatic carbocycles. The van der Waals surface area contributed by atoms with Crippen molar-refractivity contribution < 1.29 is 14.7 Å².